The number of rotatable bonds is 4. The monoisotopic (exact) mass is 249 g/mol. The van der Waals surface area contributed by atoms with Gasteiger partial charge in [0, 0.05) is 11.4 Å². The van der Waals surface area contributed by atoms with Crippen LogP contribution in [0.15, 0.2) is 29.2 Å². The van der Waals surface area contributed by atoms with Crippen LogP contribution >= 0.6 is 12.6 Å². The third-order valence-electron chi connectivity index (χ3n) is 3.94. The SMILES string of the molecule is CCC1(CNC(=O)c2ccccc2S)CCC1. The maximum absolute atomic E-state index is 12.0. The summed E-state index contributed by atoms with van der Waals surface area (Å²) in [4.78, 5) is 12.7. The lowest BCUT2D eigenvalue weighted by Crippen LogP contribution is -2.41. The molecule has 17 heavy (non-hydrogen) atoms. The summed E-state index contributed by atoms with van der Waals surface area (Å²) in [6.07, 6.45) is 4.93. The van der Waals surface area contributed by atoms with Crippen molar-refractivity contribution in [3.05, 3.63) is 29.8 Å². The summed E-state index contributed by atoms with van der Waals surface area (Å²) >= 11 is 4.30. The fraction of sp³-hybridized carbons (Fsp3) is 0.500. The van der Waals surface area contributed by atoms with Gasteiger partial charge in [-0.05, 0) is 36.8 Å². The molecule has 1 saturated carbocycles. The van der Waals surface area contributed by atoms with Gasteiger partial charge in [0.05, 0.1) is 5.56 Å². The van der Waals surface area contributed by atoms with E-state index in [1.807, 2.05) is 24.3 Å². The second-order valence-electron chi connectivity index (χ2n) is 4.91. The Bertz CT molecular complexity index is 407. The molecule has 0 atom stereocenters. The van der Waals surface area contributed by atoms with E-state index < -0.39 is 0 Å². The van der Waals surface area contributed by atoms with Crippen molar-refractivity contribution in [2.75, 3.05) is 6.54 Å². The Balaban J connectivity index is 1.96. The number of hydrogen-bond donors (Lipinski definition) is 2. The van der Waals surface area contributed by atoms with Crippen molar-refractivity contribution in [3.63, 3.8) is 0 Å². The summed E-state index contributed by atoms with van der Waals surface area (Å²) in [6.45, 7) is 3.00. The molecule has 1 N–H and O–H groups in total. The maximum atomic E-state index is 12.0. The second kappa shape index (κ2) is 5.13. The molecule has 0 unspecified atom stereocenters. The highest BCUT2D eigenvalue weighted by molar-refractivity contribution is 7.80. The molecule has 1 aromatic rings. The van der Waals surface area contributed by atoms with Gasteiger partial charge in [0.2, 0.25) is 0 Å². The minimum Gasteiger partial charge on any atom is -0.351 e. The van der Waals surface area contributed by atoms with Gasteiger partial charge in [-0.2, -0.15) is 0 Å². The molecule has 1 amide bonds. The van der Waals surface area contributed by atoms with Gasteiger partial charge in [-0.25, -0.2) is 0 Å². The lowest BCUT2D eigenvalue weighted by Gasteiger charge is -2.41. The van der Waals surface area contributed by atoms with Crippen molar-refractivity contribution in [2.45, 2.75) is 37.5 Å². The van der Waals surface area contributed by atoms with Gasteiger partial charge >= 0.3 is 0 Å². The number of benzene rings is 1. The first-order valence-electron chi connectivity index (χ1n) is 6.23. The molecule has 0 heterocycles. The lowest BCUT2D eigenvalue weighted by atomic mass is 9.67. The number of amides is 1. The summed E-state index contributed by atoms with van der Waals surface area (Å²) < 4.78 is 0. The molecule has 1 fully saturated rings. The Morgan fingerprint density at radius 2 is 2.12 bits per heavy atom. The molecular weight excluding hydrogens is 230 g/mol. The zero-order valence-electron chi connectivity index (χ0n) is 10.2. The molecule has 2 rings (SSSR count). The summed E-state index contributed by atoms with van der Waals surface area (Å²) in [5.74, 6) is -0.00433. The van der Waals surface area contributed by atoms with E-state index >= 15 is 0 Å². The quantitative estimate of drug-likeness (QED) is 0.788. The van der Waals surface area contributed by atoms with Crippen LogP contribution in [0.5, 0.6) is 0 Å². The fourth-order valence-corrected chi connectivity index (χ4v) is 2.62. The van der Waals surface area contributed by atoms with E-state index in [1.54, 1.807) is 0 Å². The second-order valence-corrected chi connectivity index (χ2v) is 5.39. The molecule has 0 saturated heterocycles. The van der Waals surface area contributed by atoms with Gasteiger partial charge in [-0.15, -0.1) is 12.6 Å². The minimum absolute atomic E-state index is 0.00433. The molecule has 92 valence electrons. The van der Waals surface area contributed by atoms with Crippen molar-refractivity contribution < 1.29 is 4.79 Å². The predicted molar refractivity (Wildman–Crippen MR) is 72.6 cm³/mol. The van der Waals surface area contributed by atoms with Gasteiger partial charge in [0.15, 0.2) is 0 Å². The topological polar surface area (TPSA) is 29.1 Å². The standard InChI is InChI=1S/C14H19NOS/c1-2-14(8-5-9-14)10-15-13(16)11-6-3-4-7-12(11)17/h3-4,6-7,17H,2,5,8-10H2,1H3,(H,15,16). The predicted octanol–water partition coefficient (Wildman–Crippen LogP) is 3.29. The van der Waals surface area contributed by atoms with Crippen LogP contribution in [-0.2, 0) is 0 Å². The number of nitrogens with one attached hydrogen (secondary N) is 1. The summed E-state index contributed by atoms with van der Waals surface area (Å²) in [5.41, 5.74) is 1.03. The van der Waals surface area contributed by atoms with E-state index in [4.69, 9.17) is 0 Å². The van der Waals surface area contributed by atoms with E-state index in [0.29, 0.717) is 11.0 Å². The zero-order chi connectivity index (χ0) is 12.3. The molecule has 1 aliphatic carbocycles. The summed E-state index contributed by atoms with van der Waals surface area (Å²) in [7, 11) is 0. The number of thiol groups is 1. The van der Waals surface area contributed by atoms with Gasteiger partial charge in [0.25, 0.3) is 5.91 Å². The maximum Gasteiger partial charge on any atom is 0.252 e. The average Bonchev–Trinajstić information content (AvgIpc) is 2.28. The van der Waals surface area contributed by atoms with E-state index in [-0.39, 0.29) is 5.91 Å². The van der Waals surface area contributed by atoms with E-state index in [1.165, 1.54) is 19.3 Å². The third kappa shape index (κ3) is 2.65. The lowest BCUT2D eigenvalue weighted by molar-refractivity contribution is 0.0847. The molecule has 0 aromatic heterocycles. The zero-order valence-corrected chi connectivity index (χ0v) is 11.1. The highest BCUT2D eigenvalue weighted by atomic mass is 32.1. The van der Waals surface area contributed by atoms with Crippen LogP contribution in [-0.4, -0.2) is 12.5 Å². The first-order valence-corrected chi connectivity index (χ1v) is 6.68. The van der Waals surface area contributed by atoms with Crippen LogP contribution in [0.1, 0.15) is 43.0 Å². The van der Waals surface area contributed by atoms with Crippen LogP contribution in [0, 0.1) is 5.41 Å². The Labute approximate surface area is 108 Å². The summed E-state index contributed by atoms with van der Waals surface area (Å²) in [6, 6.07) is 7.42. The highest BCUT2D eigenvalue weighted by Crippen LogP contribution is 2.43. The molecule has 2 nitrogen and oxygen atoms in total. The van der Waals surface area contributed by atoms with Crippen LogP contribution in [0.4, 0.5) is 0 Å². The molecule has 0 aliphatic heterocycles. The van der Waals surface area contributed by atoms with Crippen molar-refractivity contribution in [1.29, 1.82) is 0 Å². The Hall–Kier alpha value is -0.960. The van der Waals surface area contributed by atoms with Crippen LogP contribution in [0.25, 0.3) is 0 Å². The first-order chi connectivity index (χ1) is 8.17. The molecule has 0 spiro atoms. The van der Waals surface area contributed by atoms with E-state index in [9.17, 15) is 4.79 Å². The Morgan fingerprint density at radius 1 is 1.41 bits per heavy atom. The van der Waals surface area contributed by atoms with Gasteiger partial charge in [-0.3, -0.25) is 4.79 Å². The Kier molecular flexibility index (Phi) is 3.77. The smallest absolute Gasteiger partial charge is 0.252 e. The largest absolute Gasteiger partial charge is 0.351 e. The molecule has 1 aliphatic rings. The Morgan fingerprint density at radius 3 is 2.65 bits per heavy atom. The van der Waals surface area contributed by atoms with Crippen molar-refractivity contribution >= 4 is 18.5 Å². The molecular formula is C14H19NOS. The van der Waals surface area contributed by atoms with E-state index in [0.717, 1.165) is 17.9 Å². The normalized spacial score (nSPS) is 17.3. The van der Waals surface area contributed by atoms with Gasteiger partial charge < -0.3 is 5.32 Å². The molecule has 0 radical (unpaired) electrons. The van der Waals surface area contributed by atoms with Crippen LogP contribution in [0.3, 0.4) is 0 Å². The van der Waals surface area contributed by atoms with E-state index in [2.05, 4.69) is 24.9 Å². The average molecular weight is 249 g/mol. The van der Waals surface area contributed by atoms with Gasteiger partial charge in [-0.1, -0.05) is 25.5 Å². The van der Waals surface area contributed by atoms with Crippen LogP contribution in [0.2, 0.25) is 0 Å². The highest BCUT2D eigenvalue weighted by Gasteiger charge is 2.35. The van der Waals surface area contributed by atoms with Crippen molar-refractivity contribution in [2.24, 2.45) is 5.41 Å². The number of hydrogen-bond acceptors (Lipinski definition) is 2. The molecule has 3 heteroatoms. The molecule has 0 bridgehead atoms. The summed E-state index contributed by atoms with van der Waals surface area (Å²) in [5, 5.41) is 3.05. The first kappa shape index (κ1) is 12.5. The molecule has 1 aromatic carbocycles. The van der Waals surface area contributed by atoms with Crippen molar-refractivity contribution in [1.82, 2.24) is 5.32 Å². The number of carbonyl (C=O) groups is 1. The fourth-order valence-electron chi connectivity index (χ4n) is 2.36. The van der Waals surface area contributed by atoms with Crippen LogP contribution < -0.4 is 5.32 Å². The third-order valence-corrected chi connectivity index (χ3v) is 4.33. The van der Waals surface area contributed by atoms with Gasteiger partial charge in [0.1, 0.15) is 0 Å². The number of carbonyl (C=O) groups excluding carboxylic acids is 1. The van der Waals surface area contributed by atoms with Crippen molar-refractivity contribution in [3.8, 4) is 0 Å². The minimum atomic E-state index is -0.00433.